The minimum atomic E-state index is 0.781. The van der Waals surface area contributed by atoms with Crippen LogP contribution in [-0.2, 0) is 19.4 Å². The lowest BCUT2D eigenvalue weighted by atomic mass is 10.1. The molecule has 5 heteroatoms. The first-order chi connectivity index (χ1) is 11.1. The van der Waals surface area contributed by atoms with Gasteiger partial charge in [0.2, 0.25) is 0 Å². The second-order valence-electron chi connectivity index (χ2n) is 5.61. The molecule has 0 amide bonds. The average molecular weight is 331 g/mol. The van der Waals surface area contributed by atoms with E-state index in [-0.39, 0.29) is 0 Å². The van der Waals surface area contributed by atoms with Crippen LogP contribution < -0.4 is 10.6 Å². The zero-order valence-electron chi connectivity index (χ0n) is 14.4. The summed E-state index contributed by atoms with van der Waals surface area (Å²) in [4.78, 5) is 10.1. The number of nitrogens with one attached hydrogen (secondary N) is 2. The van der Waals surface area contributed by atoms with Crippen LogP contribution in [0.3, 0.4) is 0 Å². The second kappa shape index (κ2) is 8.67. The predicted molar refractivity (Wildman–Crippen MR) is 99.3 cm³/mol. The van der Waals surface area contributed by atoms with Crippen LogP contribution >= 0.6 is 11.3 Å². The van der Waals surface area contributed by atoms with Gasteiger partial charge in [0.05, 0.1) is 5.01 Å². The zero-order chi connectivity index (χ0) is 16.7. The maximum Gasteiger partial charge on any atom is 0.191 e. The number of nitrogens with zero attached hydrogens (tertiary/aromatic N) is 2. The molecule has 0 saturated carbocycles. The van der Waals surface area contributed by atoms with Gasteiger partial charge in [-0.15, -0.1) is 11.3 Å². The van der Waals surface area contributed by atoms with Gasteiger partial charge in [0, 0.05) is 37.6 Å². The summed E-state index contributed by atoms with van der Waals surface area (Å²) in [6.45, 7) is 8.04. The molecule has 1 aromatic heterocycles. The molecule has 4 nitrogen and oxygen atoms in total. The fraction of sp³-hybridized carbons (Fsp3) is 0.444. The van der Waals surface area contributed by atoms with Crippen molar-refractivity contribution in [2.45, 2.75) is 40.2 Å². The molecule has 0 atom stereocenters. The SMILES string of the molecule is CCc1cnc(CCNC(=NC)NCc2ccc(C)cc2C)s1. The molecular weight excluding hydrogens is 304 g/mol. The molecule has 1 heterocycles. The van der Waals surface area contributed by atoms with Gasteiger partial charge in [0.1, 0.15) is 0 Å². The fourth-order valence-corrected chi connectivity index (χ4v) is 3.22. The number of hydrogen-bond acceptors (Lipinski definition) is 3. The Morgan fingerprint density at radius 1 is 1.26 bits per heavy atom. The van der Waals surface area contributed by atoms with Crippen LogP contribution in [0.1, 0.15) is 33.5 Å². The Morgan fingerprint density at radius 3 is 2.74 bits per heavy atom. The van der Waals surface area contributed by atoms with Crippen LogP contribution in [0.5, 0.6) is 0 Å². The number of aryl methyl sites for hydroxylation is 3. The summed E-state index contributed by atoms with van der Waals surface area (Å²) in [6, 6.07) is 6.53. The quantitative estimate of drug-likeness (QED) is 0.631. The molecule has 0 aliphatic rings. The van der Waals surface area contributed by atoms with Crippen molar-refractivity contribution in [2.75, 3.05) is 13.6 Å². The highest BCUT2D eigenvalue weighted by molar-refractivity contribution is 7.11. The Kier molecular flexibility index (Phi) is 6.59. The molecule has 2 aromatic rings. The molecule has 0 aliphatic carbocycles. The summed E-state index contributed by atoms with van der Waals surface area (Å²) in [7, 11) is 1.80. The highest BCUT2D eigenvalue weighted by Crippen LogP contribution is 2.13. The van der Waals surface area contributed by atoms with Gasteiger partial charge in [0.15, 0.2) is 5.96 Å². The highest BCUT2D eigenvalue weighted by atomic mass is 32.1. The third kappa shape index (κ3) is 5.36. The molecule has 0 spiro atoms. The number of benzene rings is 1. The minimum absolute atomic E-state index is 0.781. The van der Waals surface area contributed by atoms with Crippen LogP contribution in [0.4, 0.5) is 0 Å². The molecular formula is C18H26N4S. The Labute approximate surface area is 143 Å². The second-order valence-corrected chi connectivity index (χ2v) is 6.81. The molecule has 0 fully saturated rings. The van der Waals surface area contributed by atoms with Crippen LogP contribution in [0.15, 0.2) is 29.4 Å². The van der Waals surface area contributed by atoms with Crippen molar-refractivity contribution in [3.63, 3.8) is 0 Å². The molecule has 2 rings (SSSR count). The topological polar surface area (TPSA) is 49.3 Å². The van der Waals surface area contributed by atoms with E-state index in [0.29, 0.717) is 0 Å². The van der Waals surface area contributed by atoms with Gasteiger partial charge < -0.3 is 10.6 Å². The lowest BCUT2D eigenvalue weighted by Crippen LogP contribution is -2.38. The summed E-state index contributed by atoms with van der Waals surface area (Å²) in [6.07, 6.45) is 3.96. The van der Waals surface area contributed by atoms with Crippen molar-refractivity contribution >= 4 is 17.3 Å². The molecule has 0 radical (unpaired) electrons. The predicted octanol–water partition coefficient (Wildman–Crippen LogP) is 3.23. The van der Waals surface area contributed by atoms with Crippen LogP contribution in [0.25, 0.3) is 0 Å². The fourth-order valence-electron chi connectivity index (χ4n) is 2.36. The van der Waals surface area contributed by atoms with E-state index >= 15 is 0 Å². The normalized spacial score (nSPS) is 11.6. The van der Waals surface area contributed by atoms with Crippen molar-refractivity contribution in [1.82, 2.24) is 15.6 Å². The largest absolute Gasteiger partial charge is 0.356 e. The number of thiazole rings is 1. The lowest BCUT2D eigenvalue weighted by Gasteiger charge is -2.13. The van der Waals surface area contributed by atoms with Crippen molar-refractivity contribution in [2.24, 2.45) is 4.99 Å². The first kappa shape index (κ1) is 17.5. The van der Waals surface area contributed by atoms with Gasteiger partial charge >= 0.3 is 0 Å². The van der Waals surface area contributed by atoms with Crippen LogP contribution in [0.2, 0.25) is 0 Å². The number of rotatable bonds is 6. The number of hydrogen-bond donors (Lipinski definition) is 2. The highest BCUT2D eigenvalue weighted by Gasteiger charge is 2.03. The van der Waals surface area contributed by atoms with Crippen molar-refractivity contribution in [3.8, 4) is 0 Å². The Bertz CT molecular complexity index is 661. The van der Waals surface area contributed by atoms with E-state index in [2.05, 4.69) is 59.6 Å². The minimum Gasteiger partial charge on any atom is -0.356 e. The van der Waals surface area contributed by atoms with Gasteiger partial charge in [-0.25, -0.2) is 4.98 Å². The molecule has 0 saturated heterocycles. The van der Waals surface area contributed by atoms with E-state index in [1.54, 1.807) is 18.4 Å². The van der Waals surface area contributed by atoms with E-state index in [1.807, 2.05) is 6.20 Å². The molecule has 2 N–H and O–H groups in total. The maximum atomic E-state index is 4.44. The van der Waals surface area contributed by atoms with E-state index in [4.69, 9.17) is 0 Å². The lowest BCUT2D eigenvalue weighted by molar-refractivity contribution is 0.790. The van der Waals surface area contributed by atoms with Gasteiger partial charge in [-0.3, -0.25) is 4.99 Å². The Balaban J connectivity index is 1.79. The van der Waals surface area contributed by atoms with Gasteiger partial charge in [0.25, 0.3) is 0 Å². The summed E-state index contributed by atoms with van der Waals surface area (Å²) in [5, 5.41) is 7.90. The van der Waals surface area contributed by atoms with Crippen LogP contribution in [-0.4, -0.2) is 24.5 Å². The summed E-state index contributed by atoms with van der Waals surface area (Å²) in [5.41, 5.74) is 3.90. The standard InChI is InChI=1S/C18H26N4S/c1-5-16-12-21-17(23-16)8-9-20-18(19-4)22-11-15-7-6-13(2)10-14(15)3/h6-7,10,12H,5,8-9,11H2,1-4H3,(H2,19,20,22). The van der Waals surface area contributed by atoms with Crippen molar-refractivity contribution in [1.29, 1.82) is 0 Å². The molecule has 23 heavy (non-hydrogen) atoms. The summed E-state index contributed by atoms with van der Waals surface area (Å²) in [5.74, 6) is 0.831. The molecule has 0 unspecified atom stereocenters. The zero-order valence-corrected chi connectivity index (χ0v) is 15.3. The smallest absolute Gasteiger partial charge is 0.191 e. The third-order valence-corrected chi connectivity index (χ3v) is 4.95. The number of aliphatic imine (C=N–C) groups is 1. The average Bonchev–Trinajstić information content (AvgIpc) is 3.00. The van der Waals surface area contributed by atoms with Crippen molar-refractivity contribution in [3.05, 3.63) is 51.0 Å². The van der Waals surface area contributed by atoms with Crippen molar-refractivity contribution < 1.29 is 0 Å². The Morgan fingerprint density at radius 2 is 2.09 bits per heavy atom. The molecule has 0 bridgehead atoms. The van der Waals surface area contributed by atoms with E-state index in [1.165, 1.54) is 26.6 Å². The van der Waals surface area contributed by atoms with E-state index in [9.17, 15) is 0 Å². The molecule has 124 valence electrons. The first-order valence-electron chi connectivity index (χ1n) is 8.06. The molecule has 1 aromatic carbocycles. The van der Waals surface area contributed by atoms with Gasteiger partial charge in [-0.05, 0) is 31.4 Å². The number of guanidine groups is 1. The maximum absolute atomic E-state index is 4.44. The van der Waals surface area contributed by atoms with Crippen LogP contribution in [0, 0.1) is 13.8 Å². The summed E-state index contributed by atoms with van der Waals surface area (Å²) < 4.78 is 0. The summed E-state index contributed by atoms with van der Waals surface area (Å²) >= 11 is 1.79. The Hall–Kier alpha value is -1.88. The third-order valence-electron chi connectivity index (χ3n) is 3.75. The first-order valence-corrected chi connectivity index (χ1v) is 8.88. The molecule has 0 aliphatic heterocycles. The van der Waals surface area contributed by atoms with E-state index < -0.39 is 0 Å². The van der Waals surface area contributed by atoms with E-state index in [0.717, 1.165) is 31.9 Å². The van der Waals surface area contributed by atoms with Gasteiger partial charge in [-0.1, -0.05) is 30.7 Å². The monoisotopic (exact) mass is 330 g/mol. The number of aromatic nitrogens is 1. The van der Waals surface area contributed by atoms with Gasteiger partial charge in [-0.2, -0.15) is 0 Å².